The van der Waals surface area contributed by atoms with E-state index in [1.54, 1.807) is 0 Å². The van der Waals surface area contributed by atoms with Gasteiger partial charge in [0.05, 0.1) is 17.3 Å². The van der Waals surface area contributed by atoms with Crippen LogP contribution in [0.1, 0.15) is 5.56 Å². The molecule has 0 aromatic heterocycles. The fourth-order valence-electron chi connectivity index (χ4n) is 3.86. The Morgan fingerprint density at radius 2 is 1.70 bits per heavy atom. The lowest BCUT2D eigenvalue weighted by Crippen LogP contribution is -2.59. The van der Waals surface area contributed by atoms with Crippen LogP contribution < -0.4 is 0 Å². The van der Waals surface area contributed by atoms with E-state index < -0.39 is 0 Å². The first kappa shape index (κ1) is 13.5. The van der Waals surface area contributed by atoms with Crippen molar-refractivity contribution in [3.8, 4) is 0 Å². The van der Waals surface area contributed by atoms with E-state index in [9.17, 15) is 0 Å². The van der Waals surface area contributed by atoms with Crippen molar-refractivity contribution in [3.05, 3.63) is 35.9 Å². The third-order valence-electron chi connectivity index (χ3n) is 4.72. The zero-order chi connectivity index (χ0) is 13.4. The highest BCUT2D eigenvalue weighted by molar-refractivity contribution is 8.21. The maximum Gasteiger partial charge on any atom is 0.0735 e. The Morgan fingerprint density at radius 1 is 1.05 bits per heavy atom. The monoisotopic (exact) mass is 307 g/mol. The summed E-state index contributed by atoms with van der Waals surface area (Å²) in [4.78, 5) is 2.65. The average molecular weight is 307 g/mol. The lowest BCUT2D eigenvalue weighted by molar-refractivity contribution is -0.0452. The van der Waals surface area contributed by atoms with Crippen LogP contribution in [-0.2, 0) is 11.3 Å². The number of piperidine rings is 1. The lowest BCUT2D eigenvalue weighted by Gasteiger charge is -2.53. The molecule has 1 spiro atoms. The summed E-state index contributed by atoms with van der Waals surface area (Å²) in [6.07, 6.45) is 0. The van der Waals surface area contributed by atoms with Gasteiger partial charge in [-0.3, -0.25) is 4.90 Å². The summed E-state index contributed by atoms with van der Waals surface area (Å²) in [7, 11) is 0. The maximum absolute atomic E-state index is 5.87. The normalized spacial score (nSPS) is 32.6. The molecule has 2 bridgehead atoms. The number of rotatable bonds is 2. The second-order valence-electron chi connectivity index (χ2n) is 6.03. The molecule has 20 heavy (non-hydrogen) atoms. The van der Waals surface area contributed by atoms with Gasteiger partial charge in [-0.1, -0.05) is 30.3 Å². The first-order chi connectivity index (χ1) is 9.87. The van der Waals surface area contributed by atoms with Crippen LogP contribution in [0.4, 0.5) is 0 Å². The van der Waals surface area contributed by atoms with Gasteiger partial charge in [-0.25, -0.2) is 0 Å². The van der Waals surface area contributed by atoms with Gasteiger partial charge in [-0.2, -0.15) is 0 Å². The van der Waals surface area contributed by atoms with Crippen LogP contribution in [0.2, 0.25) is 0 Å². The van der Waals surface area contributed by atoms with Crippen molar-refractivity contribution in [2.24, 2.45) is 11.8 Å². The predicted octanol–water partition coefficient (Wildman–Crippen LogP) is 2.94. The Kier molecular flexibility index (Phi) is 3.75. The van der Waals surface area contributed by atoms with E-state index in [4.69, 9.17) is 4.74 Å². The number of ether oxygens (including phenoxy) is 1. The van der Waals surface area contributed by atoms with Crippen molar-refractivity contribution in [1.82, 2.24) is 4.90 Å². The average Bonchev–Trinajstić information content (AvgIpc) is 2.91. The molecule has 3 aliphatic rings. The number of likely N-dealkylation sites (tertiary alicyclic amines) is 1. The van der Waals surface area contributed by atoms with E-state index in [0.29, 0.717) is 15.9 Å². The molecule has 108 valence electrons. The largest absolute Gasteiger partial charge is 0.381 e. The van der Waals surface area contributed by atoms with Gasteiger partial charge in [0.1, 0.15) is 0 Å². The minimum absolute atomic E-state index is 0.478. The van der Waals surface area contributed by atoms with E-state index in [-0.39, 0.29) is 0 Å². The molecular weight excluding hydrogens is 286 g/mol. The quantitative estimate of drug-likeness (QED) is 0.832. The summed E-state index contributed by atoms with van der Waals surface area (Å²) in [6.45, 7) is 5.42. The van der Waals surface area contributed by atoms with Gasteiger partial charge in [0.15, 0.2) is 0 Å². The van der Waals surface area contributed by atoms with Crippen molar-refractivity contribution >= 4 is 23.5 Å². The second kappa shape index (κ2) is 5.56. The van der Waals surface area contributed by atoms with Gasteiger partial charge >= 0.3 is 0 Å². The molecular formula is C16H21NOS2. The molecule has 2 atom stereocenters. The second-order valence-corrected chi connectivity index (χ2v) is 9.03. The fraction of sp³-hybridized carbons (Fsp3) is 0.625. The van der Waals surface area contributed by atoms with Gasteiger partial charge in [-0.15, -0.1) is 23.5 Å². The Hall–Kier alpha value is -0.160. The SMILES string of the molecule is c1ccc(CN2C[C@H]3COC[C@@H](C2)C32SCCS2)cc1. The van der Waals surface area contributed by atoms with Crippen LogP contribution in [-0.4, -0.2) is 46.8 Å². The molecule has 0 N–H and O–H groups in total. The molecule has 4 heteroatoms. The van der Waals surface area contributed by atoms with Gasteiger partial charge in [0.2, 0.25) is 0 Å². The summed E-state index contributed by atoms with van der Waals surface area (Å²) in [6, 6.07) is 10.9. The molecule has 0 amide bonds. The van der Waals surface area contributed by atoms with Crippen LogP contribution in [0.25, 0.3) is 0 Å². The highest BCUT2D eigenvalue weighted by Crippen LogP contribution is 2.57. The fourth-order valence-corrected chi connectivity index (χ4v) is 7.51. The maximum atomic E-state index is 5.87. The van der Waals surface area contributed by atoms with Crippen LogP contribution in [0.15, 0.2) is 30.3 Å². The summed E-state index contributed by atoms with van der Waals surface area (Å²) in [5.74, 6) is 4.07. The minimum atomic E-state index is 0.478. The smallest absolute Gasteiger partial charge is 0.0735 e. The van der Waals surface area contributed by atoms with E-state index in [1.807, 2.05) is 0 Å². The molecule has 0 saturated carbocycles. The molecule has 0 unspecified atom stereocenters. The number of hydrogen-bond donors (Lipinski definition) is 0. The molecule has 1 aromatic carbocycles. The number of hydrogen-bond acceptors (Lipinski definition) is 4. The van der Waals surface area contributed by atoms with Gasteiger partial charge < -0.3 is 4.74 Å². The zero-order valence-electron chi connectivity index (χ0n) is 11.7. The molecule has 0 radical (unpaired) electrons. The van der Waals surface area contributed by atoms with Crippen molar-refractivity contribution in [1.29, 1.82) is 0 Å². The van der Waals surface area contributed by atoms with Gasteiger partial charge in [0, 0.05) is 43.0 Å². The highest BCUT2D eigenvalue weighted by Gasteiger charge is 2.54. The Labute approximate surface area is 129 Å². The first-order valence-corrected chi connectivity index (χ1v) is 9.46. The summed E-state index contributed by atoms with van der Waals surface area (Å²) in [5, 5.41) is 0. The van der Waals surface area contributed by atoms with E-state index in [1.165, 1.54) is 30.2 Å². The molecule has 0 aliphatic carbocycles. The number of nitrogens with zero attached hydrogens (tertiary/aromatic N) is 1. The molecule has 4 rings (SSSR count). The number of benzene rings is 1. The van der Waals surface area contributed by atoms with E-state index in [0.717, 1.165) is 19.8 Å². The Balaban J connectivity index is 1.51. The van der Waals surface area contributed by atoms with Crippen LogP contribution >= 0.6 is 23.5 Å². The third kappa shape index (κ3) is 2.31. The standard InChI is InChI=1S/C16H21NOS2/c1-2-4-13(5-3-1)8-17-9-14-11-18-12-15(10-17)16(14)19-6-7-20-16/h1-5,14-15H,6-12H2/t14-,15+. The zero-order valence-corrected chi connectivity index (χ0v) is 13.3. The minimum Gasteiger partial charge on any atom is -0.381 e. The van der Waals surface area contributed by atoms with E-state index >= 15 is 0 Å². The summed E-state index contributed by atoms with van der Waals surface area (Å²) < 4.78 is 6.35. The topological polar surface area (TPSA) is 12.5 Å². The van der Waals surface area contributed by atoms with Crippen molar-refractivity contribution < 1.29 is 4.74 Å². The van der Waals surface area contributed by atoms with Gasteiger partial charge in [-0.05, 0) is 5.56 Å². The van der Waals surface area contributed by atoms with Crippen LogP contribution in [0, 0.1) is 11.8 Å². The molecule has 3 saturated heterocycles. The van der Waals surface area contributed by atoms with Gasteiger partial charge in [0.25, 0.3) is 0 Å². The number of thioether (sulfide) groups is 2. The third-order valence-corrected chi connectivity index (χ3v) is 8.74. The summed E-state index contributed by atoms with van der Waals surface area (Å²) in [5.41, 5.74) is 1.44. The highest BCUT2D eigenvalue weighted by atomic mass is 32.2. The van der Waals surface area contributed by atoms with Crippen molar-refractivity contribution in [3.63, 3.8) is 0 Å². The van der Waals surface area contributed by atoms with Crippen LogP contribution in [0.5, 0.6) is 0 Å². The molecule has 3 fully saturated rings. The lowest BCUT2D eigenvalue weighted by atomic mass is 9.86. The predicted molar refractivity (Wildman–Crippen MR) is 87.2 cm³/mol. The van der Waals surface area contributed by atoms with Crippen molar-refractivity contribution in [2.45, 2.75) is 10.6 Å². The molecule has 3 heterocycles. The first-order valence-electron chi connectivity index (χ1n) is 7.49. The molecule has 2 nitrogen and oxygen atoms in total. The van der Waals surface area contributed by atoms with E-state index in [2.05, 4.69) is 58.8 Å². The Morgan fingerprint density at radius 3 is 2.35 bits per heavy atom. The summed E-state index contributed by atoms with van der Waals surface area (Å²) >= 11 is 4.44. The Bertz CT molecular complexity index is 445. The molecule has 1 aromatic rings. The van der Waals surface area contributed by atoms with Crippen molar-refractivity contribution in [2.75, 3.05) is 37.8 Å². The molecule has 3 aliphatic heterocycles. The van der Waals surface area contributed by atoms with Crippen LogP contribution in [0.3, 0.4) is 0 Å².